The van der Waals surface area contributed by atoms with Crippen molar-refractivity contribution in [1.82, 2.24) is 19.8 Å². The molecular formula is C24H28N4OS. The second-order valence-electron chi connectivity index (χ2n) is 8.11. The van der Waals surface area contributed by atoms with Gasteiger partial charge in [-0.2, -0.15) is 0 Å². The first-order valence-corrected chi connectivity index (χ1v) is 11.3. The number of pyridine rings is 1. The first-order valence-electron chi connectivity index (χ1n) is 10.5. The monoisotopic (exact) mass is 420 g/mol. The van der Waals surface area contributed by atoms with Gasteiger partial charge in [-0.3, -0.25) is 14.7 Å². The van der Waals surface area contributed by atoms with E-state index in [4.69, 9.17) is 0 Å². The van der Waals surface area contributed by atoms with Gasteiger partial charge in [0.1, 0.15) is 9.88 Å². The molecule has 1 fully saturated rings. The molecule has 3 aromatic rings. The Morgan fingerprint density at radius 1 is 1.07 bits per heavy atom. The number of piperazine rings is 1. The first kappa shape index (κ1) is 20.7. The molecule has 5 nitrogen and oxygen atoms in total. The fourth-order valence-corrected chi connectivity index (χ4v) is 4.72. The maximum Gasteiger partial charge on any atom is 0.265 e. The number of aryl methyl sites for hydroxylation is 1. The van der Waals surface area contributed by atoms with Crippen molar-refractivity contribution < 1.29 is 4.79 Å². The molecule has 156 valence electrons. The third-order valence-corrected chi connectivity index (χ3v) is 6.75. The van der Waals surface area contributed by atoms with E-state index in [0.717, 1.165) is 54.0 Å². The number of aromatic nitrogens is 2. The van der Waals surface area contributed by atoms with Crippen molar-refractivity contribution >= 4 is 17.2 Å². The lowest BCUT2D eigenvalue weighted by molar-refractivity contribution is 0.0632. The third kappa shape index (κ3) is 4.60. The van der Waals surface area contributed by atoms with Gasteiger partial charge in [-0.05, 0) is 36.1 Å². The number of rotatable bonds is 5. The SMILES string of the molecule is Cc1nc(-c2ccccn2)sc1C(=O)N1CCN(Cc2ccc(C(C)C)cc2)CC1. The Morgan fingerprint density at radius 2 is 1.80 bits per heavy atom. The van der Waals surface area contributed by atoms with Crippen LogP contribution in [0.4, 0.5) is 0 Å². The Kier molecular flexibility index (Phi) is 6.25. The van der Waals surface area contributed by atoms with E-state index in [1.807, 2.05) is 30.0 Å². The largest absolute Gasteiger partial charge is 0.335 e. The minimum absolute atomic E-state index is 0.0908. The maximum atomic E-state index is 13.1. The molecule has 6 heteroatoms. The van der Waals surface area contributed by atoms with Crippen molar-refractivity contribution in [2.24, 2.45) is 0 Å². The molecule has 3 heterocycles. The van der Waals surface area contributed by atoms with Crippen molar-refractivity contribution in [1.29, 1.82) is 0 Å². The van der Waals surface area contributed by atoms with Crippen LogP contribution in [-0.2, 0) is 6.54 Å². The summed E-state index contributed by atoms with van der Waals surface area (Å²) in [5, 5.41) is 0.805. The molecule has 0 bridgehead atoms. The van der Waals surface area contributed by atoms with Gasteiger partial charge >= 0.3 is 0 Å². The van der Waals surface area contributed by atoms with Crippen LogP contribution in [0.3, 0.4) is 0 Å². The summed E-state index contributed by atoms with van der Waals surface area (Å²) in [6.07, 6.45) is 1.75. The van der Waals surface area contributed by atoms with E-state index in [0.29, 0.717) is 5.92 Å². The van der Waals surface area contributed by atoms with Gasteiger partial charge < -0.3 is 4.90 Å². The van der Waals surface area contributed by atoms with Crippen LogP contribution in [-0.4, -0.2) is 51.9 Å². The lowest BCUT2D eigenvalue weighted by Gasteiger charge is -2.34. The van der Waals surface area contributed by atoms with Gasteiger partial charge in [0, 0.05) is 38.9 Å². The lowest BCUT2D eigenvalue weighted by atomic mass is 10.0. The Morgan fingerprint density at radius 3 is 2.43 bits per heavy atom. The Labute approximate surface area is 182 Å². The minimum Gasteiger partial charge on any atom is -0.335 e. The van der Waals surface area contributed by atoms with Crippen molar-refractivity contribution in [3.8, 4) is 10.7 Å². The van der Waals surface area contributed by atoms with Crippen LogP contribution in [0.15, 0.2) is 48.7 Å². The van der Waals surface area contributed by atoms with Crippen LogP contribution in [0.5, 0.6) is 0 Å². The number of hydrogen-bond acceptors (Lipinski definition) is 5. The number of amides is 1. The van der Waals surface area contributed by atoms with Gasteiger partial charge in [-0.15, -0.1) is 11.3 Å². The van der Waals surface area contributed by atoms with Crippen molar-refractivity contribution in [3.63, 3.8) is 0 Å². The molecule has 1 saturated heterocycles. The second-order valence-corrected chi connectivity index (χ2v) is 9.11. The molecule has 2 aromatic heterocycles. The normalized spacial score (nSPS) is 15.0. The highest BCUT2D eigenvalue weighted by atomic mass is 32.1. The molecule has 0 saturated carbocycles. The molecule has 1 aliphatic rings. The zero-order chi connectivity index (χ0) is 21.1. The zero-order valence-electron chi connectivity index (χ0n) is 17.8. The van der Waals surface area contributed by atoms with E-state index in [-0.39, 0.29) is 5.91 Å². The van der Waals surface area contributed by atoms with Crippen molar-refractivity contribution in [2.45, 2.75) is 33.2 Å². The van der Waals surface area contributed by atoms with Gasteiger partial charge in [0.05, 0.1) is 11.4 Å². The van der Waals surface area contributed by atoms with E-state index in [1.165, 1.54) is 22.5 Å². The maximum absolute atomic E-state index is 13.1. The molecule has 0 aliphatic carbocycles. The molecular weight excluding hydrogens is 392 g/mol. The van der Waals surface area contributed by atoms with Gasteiger partial charge in [0.15, 0.2) is 0 Å². The average Bonchev–Trinajstić information content (AvgIpc) is 3.16. The quantitative estimate of drug-likeness (QED) is 0.606. The van der Waals surface area contributed by atoms with Crippen LogP contribution in [0.2, 0.25) is 0 Å². The topological polar surface area (TPSA) is 49.3 Å². The van der Waals surface area contributed by atoms with Gasteiger partial charge in [0.25, 0.3) is 5.91 Å². The van der Waals surface area contributed by atoms with E-state index in [2.05, 4.69) is 53.0 Å². The summed E-state index contributed by atoms with van der Waals surface area (Å²) in [6, 6.07) is 14.7. The first-order chi connectivity index (χ1) is 14.5. The number of thiazole rings is 1. The van der Waals surface area contributed by atoms with Crippen LogP contribution in [0, 0.1) is 6.92 Å². The fourth-order valence-electron chi connectivity index (χ4n) is 3.71. The standard InChI is InChI=1S/C24H28N4OS/c1-17(2)20-9-7-19(8-10-20)16-27-12-14-28(15-13-27)24(29)22-18(3)26-23(30-22)21-6-4-5-11-25-21/h4-11,17H,12-16H2,1-3H3. The predicted octanol–water partition coefficient (Wildman–Crippen LogP) is 4.59. The van der Waals surface area contributed by atoms with E-state index < -0.39 is 0 Å². The van der Waals surface area contributed by atoms with Crippen molar-refractivity contribution in [2.75, 3.05) is 26.2 Å². The number of carbonyl (C=O) groups is 1. The van der Waals surface area contributed by atoms with Crippen LogP contribution in [0.25, 0.3) is 10.7 Å². The van der Waals surface area contributed by atoms with Crippen LogP contribution < -0.4 is 0 Å². The third-order valence-electron chi connectivity index (χ3n) is 5.59. The number of carbonyl (C=O) groups excluding carboxylic acids is 1. The summed E-state index contributed by atoms with van der Waals surface area (Å²) in [4.78, 5) is 27.1. The van der Waals surface area contributed by atoms with E-state index >= 15 is 0 Å². The molecule has 0 atom stereocenters. The minimum atomic E-state index is 0.0908. The van der Waals surface area contributed by atoms with Gasteiger partial charge in [-0.25, -0.2) is 4.98 Å². The summed E-state index contributed by atoms with van der Waals surface area (Å²) in [5.41, 5.74) is 4.31. The number of nitrogens with zero attached hydrogens (tertiary/aromatic N) is 4. The van der Waals surface area contributed by atoms with Crippen LogP contribution in [0.1, 0.15) is 46.3 Å². The highest BCUT2D eigenvalue weighted by molar-refractivity contribution is 7.17. The van der Waals surface area contributed by atoms with Gasteiger partial charge in [0.2, 0.25) is 0 Å². The Bertz CT molecular complexity index is 990. The molecule has 4 rings (SSSR count). The second kappa shape index (κ2) is 9.06. The Balaban J connectivity index is 1.36. The smallest absolute Gasteiger partial charge is 0.265 e. The fraction of sp³-hybridized carbons (Fsp3) is 0.375. The summed E-state index contributed by atoms with van der Waals surface area (Å²) in [5.74, 6) is 0.648. The number of benzene rings is 1. The average molecular weight is 421 g/mol. The summed E-state index contributed by atoms with van der Waals surface area (Å²) < 4.78 is 0. The molecule has 0 N–H and O–H groups in total. The molecule has 0 radical (unpaired) electrons. The molecule has 1 aliphatic heterocycles. The van der Waals surface area contributed by atoms with Gasteiger partial charge in [-0.1, -0.05) is 44.2 Å². The molecule has 1 aromatic carbocycles. The van der Waals surface area contributed by atoms with E-state index in [9.17, 15) is 4.79 Å². The molecule has 30 heavy (non-hydrogen) atoms. The number of hydrogen-bond donors (Lipinski definition) is 0. The highest BCUT2D eigenvalue weighted by Gasteiger charge is 2.26. The molecule has 1 amide bonds. The van der Waals surface area contributed by atoms with Crippen molar-refractivity contribution in [3.05, 3.63) is 70.4 Å². The van der Waals surface area contributed by atoms with Crippen LogP contribution >= 0.6 is 11.3 Å². The summed E-state index contributed by atoms with van der Waals surface area (Å²) in [6.45, 7) is 10.6. The molecule has 0 spiro atoms. The van der Waals surface area contributed by atoms with E-state index in [1.54, 1.807) is 6.20 Å². The zero-order valence-corrected chi connectivity index (χ0v) is 18.7. The highest BCUT2D eigenvalue weighted by Crippen LogP contribution is 2.27. The molecule has 0 unspecified atom stereocenters. The summed E-state index contributed by atoms with van der Waals surface area (Å²) in [7, 11) is 0. The Hall–Kier alpha value is -2.57. The summed E-state index contributed by atoms with van der Waals surface area (Å²) >= 11 is 1.44. The lowest BCUT2D eigenvalue weighted by Crippen LogP contribution is -2.48. The predicted molar refractivity (Wildman–Crippen MR) is 122 cm³/mol.